The Morgan fingerprint density at radius 3 is 2.55 bits per heavy atom. The molecule has 0 aliphatic heterocycles. The smallest absolute Gasteiger partial charge is 0.200 e. The van der Waals surface area contributed by atoms with Gasteiger partial charge in [0.2, 0.25) is 0 Å². The van der Waals surface area contributed by atoms with Crippen LogP contribution in [-0.4, -0.2) is 12.4 Å². The second-order valence-electron chi connectivity index (χ2n) is 3.98. The largest absolute Gasteiger partial charge is 0.485 e. The number of hydrogen-bond acceptors (Lipinski definition) is 3. The lowest BCUT2D eigenvalue weighted by Crippen LogP contribution is -2.11. The minimum absolute atomic E-state index is 0.00392. The summed E-state index contributed by atoms with van der Waals surface area (Å²) in [5.41, 5.74) is 0.903. The van der Waals surface area contributed by atoms with Gasteiger partial charge in [-0.15, -0.1) is 0 Å². The van der Waals surface area contributed by atoms with Crippen molar-refractivity contribution in [2.45, 2.75) is 0 Å². The normalized spacial score (nSPS) is 9.85. The molecule has 5 heteroatoms. The van der Waals surface area contributed by atoms with E-state index in [1.54, 1.807) is 24.3 Å². The molecule has 100 valence electrons. The predicted molar refractivity (Wildman–Crippen MR) is 72.4 cm³/mol. The van der Waals surface area contributed by atoms with Gasteiger partial charge in [-0.25, -0.2) is 4.39 Å². The fourth-order valence-corrected chi connectivity index (χ4v) is 1.65. The molecule has 0 fully saturated rings. The van der Waals surface area contributed by atoms with Crippen LogP contribution in [0.5, 0.6) is 5.75 Å². The first-order valence-electron chi connectivity index (χ1n) is 5.71. The van der Waals surface area contributed by atoms with E-state index in [0.29, 0.717) is 11.1 Å². The molecule has 3 nitrogen and oxygen atoms in total. The van der Waals surface area contributed by atoms with Crippen LogP contribution in [-0.2, 0) is 0 Å². The highest BCUT2D eigenvalue weighted by molar-refractivity contribution is 6.30. The van der Waals surface area contributed by atoms with Crippen molar-refractivity contribution < 1.29 is 13.9 Å². The first-order chi connectivity index (χ1) is 9.60. The van der Waals surface area contributed by atoms with Crippen molar-refractivity contribution in [3.63, 3.8) is 0 Å². The average Bonchev–Trinajstić information content (AvgIpc) is 2.48. The molecule has 0 saturated carbocycles. The molecule has 0 aliphatic carbocycles. The zero-order valence-corrected chi connectivity index (χ0v) is 11.0. The molecule has 0 unspecified atom stereocenters. The SMILES string of the molecule is N#Cc1ccc(C(=O)COc2ccc(Cl)c(F)c2)cc1. The van der Waals surface area contributed by atoms with Gasteiger partial charge < -0.3 is 4.74 Å². The number of carbonyl (C=O) groups excluding carboxylic acids is 1. The van der Waals surface area contributed by atoms with Crippen molar-refractivity contribution in [2.24, 2.45) is 0 Å². The topological polar surface area (TPSA) is 50.1 Å². The minimum Gasteiger partial charge on any atom is -0.485 e. The number of ether oxygens (including phenoxy) is 1. The lowest BCUT2D eigenvalue weighted by Gasteiger charge is -2.06. The van der Waals surface area contributed by atoms with Gasteiger partial charge in [0.05, 0.1) is 16.7 Å². The van der Waals surface area contributed by atoms with Crippen molar-refractivity contribution in [3.8, 4) is 11.8 Å². The van der Waals surface area contributed by atoms with Crippen LogP contribution in [0, 0.1) is 17.1 Å². The summed E-state index contributed by atoms with van der Waals surface area (Å²) in [7, 11) is 0. The fourth-order valence-electron chi connectivity index (χ4n) is 1.53. The van der Waals surface area contributed by atoms with E-state index in [9.17, 15) is 9.18 Å². The van der Waals surface area contributed by atoms with E-state index in [-0.39, 0.29) is 23.2 Å². The van der Waals surface area contributed by atoms with Crippen molar-refractivity contribution in [1.82, 2.24) is 0 Å². The number of benzene rings is 2. The second-order valence-corrected chi connectivity index (χ2v) is 4.38. The molecular weight excluding hydrogens is 281 g/mol. The van der Waals surface area contributed by atoms with Gasteiger partial charge in [-0.2, -0.15) is 5.26 Å². The van der Waals surface area contributed by atoms with Crippen molar-refractivity contribution in [2.75, 3.05) is 6.61 Å². The Bertz CT molecular complexity index is 677. The zero-order chi connectivity index (χ0) is 14.5. The molecule has 0 atom stereocenters. The van der Waals surface area contributed by atoms with E-state index < -0.39 is 5.82 Å². The third-order valence-corrected chi connectivity index (χ3v) is 2.90. The molecule has 0 heterocycles. The van der Waals surface area contributed by atoms with Gasteiger partial charge in [-0.3, -0.25) is 4.79 Å². The molecule has 0 aliphatic rings. The van der Waals surface area contributed by atoms with Gasteiger partial charge in [0.25, 0.3) is 0 Å². The van der Waals surface area contributed by atoms with E-state index >= 15 is 0 Å². The summed E-state index contributed by atoms with van der Waals surface area (Å²) < 4.78 is 18.4. The first kappa shape index (κ1) is 14.0. The molecule has 20 heavy (non-hydrogen) atoms. The molecule has 2 rings (SSSR count). The van der Waals surface area contributed by atoms with E-state index in [1.807, 2.05) is 6.07 Å². The summed E-state index contributed by atoms with van der Waals surface area (Å²) in [6, 6.07) is 12.1. The molecule has 2 aromatic rings. The van der Waals surface area contributed by atoms with Crippen LogP contribution >= 0.6 is 11.6 Å². The maximum atomic E-state index is 13.2. The number of nitrogens with zero attached hydrogens (tertiary/aromatic N) is 1. The summed E-state index contributed by atoms with van der Waals surface area (Å²) in [6.07, 6.45) is 0. The van der Waals surface area contributed by atoms with Crippen LogP contribution in [0.2, 0.25) is 5.02 Å². The zero-order valence-electron chi connectivity index (χ0n) is 10.3. The van der Waals surface area contributed by atoms with Crippen molar-refractivity contribution >= 4 is 17.4 Å². The third kappa shape index (κ3) is 3.34. The molecular formula is C15H9ClFNO2. The number of nitriles is 1. The number of Topliss-reactive ketones (excluding diaryl/α,β-unsaturated/α-hetero) is 1. The monoisotopic (exact) mass is 289 g/mol. The maximum absolute atomic E-state index is 13.2. The van der Waals surface area contributed by atoms with Crippen LogP contribution in [0.15, 0.2) is 42.5 Å². The Morgan fingerprint density at radius 1 is 1.25 bits per heavy atom. The van der Waals surface area contributed by atoms with E-state index in [1.165, 1.54) is 12.1 Å². The van der Waals surface area contributed by atoms with E-state index in [0.717, 1.165) is 6.07 Å². The molecule has 0 amide bonds. The maximum Gasteiger partial charge on any atom is 0.200 e. The Labute approximate surface area is 120 Å². The molecule has 0 aromatic heterocycles. The average molecular weight is 290 g/mol. The first-order valence-corrected chi connectivity index (χ1v) is 6.09. The van der Waals surface area contributed by atoms with Crippen LogP contribution in [0.25, 0.3) is 0 Å². The number of halogens is 2. The molecule has 0 bridgehead atoms. The van der Waals surface area contributed by atoms with Crippen molar-refractivity contribution in [1.29, 1.82) is 5.26 Å². The quantitative estimate of drug-likeness (QED) is 0.808. The third-order valence-electron chi connectivity index (χ3n) is 2.60. The Kier molecular flexibility index (Phi) is 4.34. The molecule has 0 spiro atoms. The minimum atomic E-state index is -0.602. The number of ketones is 1. The summed E-state index contributed by atoms with van der Waals surface area (Å²) in [5.74, 6) is -0.631. The standard InChI is InChI=1S/C15H9ClFNO2/c16-13-6-5-12(7-14(13)17)20-9-15(19)11-3-1-10(8-18)2-4-11/h1-7H,9H2. The van der Waals surface area contributed by atoms with Gasteiger partial charge in [0, 0.05) is 11.6 Å². The number of carbonyl (C=O) groups is 1. The summed E-state index contributed by atoms with van der Waals surface area (Å²) >= 11 is 5.54. The summed E-state index contributed by atoms with van der Waals surface area (Å²) in [4.78, 5) is 11.8. The highest BCUT2D eigenvalue weighted by Crippen LogP contribution is 2.20. The van der Waals surface area contributed by atoms with E-state index in [2.05, 4.69) is 0 Å². The molecule has 0 N–H and O–H groups in total. The van der Waals surface area contributed by atoms with Gasteiger partial charge in [-0.1, -0.05) is 11.6 Å². The van der Waals surface area contributed by atoms with Crippen LogP contribution in [0.1, 0.15) is 15.9 Å². The number of hydrogen-bond donors (Lipinski definition) is 0. The lowest BCUT2D eigenvalue weighted by atomic mass is 10.1. The fraction of sp³-hybridized carbons (Fsp3) is 0.0667. The van der Waals surface area contributed by atoms with Gasteiger partial charge in [0.1, 0.15) is 11.6 Å². The van der Waals surface area contributed by atoms with E-state index in [4.69, 9.17) is 21.6 Å². The van der Waals surface area contributed by atoms with Gasteiger partial charge in [-0.05, 0) is 36.4 Å². The van der Waals surface area contributed by atoms with Crippen LogP contribution in [0.3, 0.4) is 0 Å². The van der Waals surface area contributed by atoms with Gasteiger partial charge in [0.15, 0.2) is 12.4 Å². The Morgan fingerprint density at radius 2 is 1.95 bits per heavy atom. The molecule has 2 aromatic carbocycles. The predicted octanol–water partition coefficient (Wildman–Crippen LogP) is 3.61. The Hall–Kier alpha value is -2.38. The molecule has 0 saturated heterocycles. The van der Waals surface area contributed by atoms with Crippen LogP contribution in [0.4, 0.5) is 4.39 Å². The lowest BCUT2D eigenvalue weighted by molar-refractivity contribution is 0.0921. The van der Waals surface area contributed by atoms with Gasteiger partial charge >= 0.3 is 0 Å². The van der Waals surface area contributed by atoms with Crippen LogP contribution < -0.4 is 4.74 Å². The summed E-state index contributed by atoms with van der Waals surface area (Å²) in [5, 5.41) is 8.66. The second kappa shape index (κ2) is 6.18. The van der Waals surface area contributed by atoms with Crippen molar-refractivity contribution in [3.05, 3.63) is 64.4 Å². The number of rotatable bonds is 4. The summed E-state index contributed by atoms with van der Waals surface area (Å²) in [6.45, 7) is -0.215. The molecule has 0 radical (unpaired) electrons. The highest BCUT2D eigenvalue weighted by atomic mass is 35.5. The highest BCUT2D eigenvalue weighted by Gasteiger charge is 2.08. The Balaban J connectivity index is 2.01.